The predicted octanol–water partition coefficient (Wildman–Crippen LogP) is 2.02. The highest BCUT2D eigenvalue weighted by molar-refractivity contribution is 7.89. The fourth-order valence-corrected chi connectivity index (χ4v) is 5.01. The maximum absolute atomic E-state index is 13.1. The summed E-state index contributed by atoms with van der Waals surface area (Å²) < 4.78 is 53.0. The number of anilines is 1. The topological polar surface area (TPSA) is 81.2 Å². The molecule has 1 amide bonds. The van der Waals surface area contributed by atoms with Crippen molar-refractivity contribution in [1.82, 2.24) is 9.21 Å². The van der Waals surface area contributed by atoms with Crippen LogP contribution < -0.4 is 4.90 Å². The first-order valence-corrected chi connectivity index (χ1v) is 11.3. The number of hydrogen-bond donors (Lipinski definition) is 1. The normalized spacial score (nSPS) is 14.8. The lowest BCUT2D eigenvalue weighted by Crippen LogP contribution is -2.38. The van der Waals surface area contributed by atoms with E-state index in [-0.39, 0.29) is 30.1 Å². The predicted molar refractivity (Wildman–Crippen MR) is 107 cm³/mol. The first-order valence-electron chi connectivity index (χ1n) is 9.83. The van der Waals surface area contributed by atoms with Gasteiger partial charge in [-0.05, 0) is 31.0 Å². The number of alkyl halides is 2. The number of carbonyl (C=O) groups is 1. The maximum Gasteiger partial charge on any atom is 0.256 e. The number of amides is 1. The number of carbonyl (C=O) groups excluding carboxylic acids is 1. The highest BCUT2D eigenvalue weighted by Gasteiger charge is 2.29. The van der Waals surface area contributed by atoms with Crippen molar-refractivity contribution in [3.05, 3.63) is 23.8 Å². The molecule has 1 N–H and O–H groups in total. The van der Waals surface area contributed by atoms with Crippen molar-refractivity contribution >= 4 is 21.6 Å². The third kappa shape index (κ3) is 5.43. The number of nitrogens with zero attached hydrogens (tertiary/aromatic N) is 3. The average molecular weight is 434 g/mol. The second-order valence-corrected chi connectivity index (χ2v) is 8.77. The number of aliphatic hydroxyl groups is 1. The van der Waals surface area contributed by atoms with Crippen molar-refractivity contribution in [3.63, 3.8) is 0 Å². The first-order chi connectivity index (χ1) is 13.8. The molecule has 0 spiro atoms. The van der Waals surface area contributed by atoms with Gasteiger partial charge >= 0.3 is 0 Å². The minimum Gasteiger partial charge on any atom is -0.395 e. The number of rotatable bonds is 10. The fourth-order valence-electron chi connectivity index (χ4n) is 3.53. The zero-order chi connectivity index (χ0) is 21.6. The monoisotopic (exact) mass is 433 g/mol. The van der Waals surface area contributed by atoms with E-state index in [2.05, 4.69) is 0 Å². The van der Waals surface area contributed by atoms with E-state index < -0.39 is 35.5 Å². The summed E-state index contributed by atoms with van der Waals surface area (Å²) >= 11 is 0. The van der Waals surface area contributed by atoms with Crippen molar-refractivity contribution in [2.75, 3.05) is 50.8 Å². The third-order valence-electron chi connectivity index (χ3n) is 5.00. The molecule has 164 valence electrons. The summed E-state index contributed by atoms with van der Waals surface area (Å²) in [5, 5.41) is 9.19. The molecule has 0 aromatic heterocycles. The van der Waals surface area contributed by atoms with E-state index in [9.17, 15) is 27.1 Å². The Balaban J connectivity index is 2.54. The molecule has 1 saturated heterocycles. The molecular weight excluding hydrogens is 404 g/mol. The van der Waals surface area contributed by atoms with Crippen LogP contribution in [0.5, 0.6) is 0 Å². The Morgan fingerprint density at radius 3 is 2.34 bits per heavy atom. The largest absolute Gasteiger partial charge is 0.395 e. The molecule has 0 atom stereocenters. The van der Waals surface area contributed by atoms with Crippen LogP contribution in [-0.4, -0.2) is 80.9 Å². The molecule has 29 heavy (non-hydrogen) atoms. The Morgan fingerprint density at radius 2 is 1.83 bits per heavy atom. The van der Waals surface area contributed by atoms with Crippen molar-refractivity contribution in [1.29, 1.82) is 0 Å². The number of sulfonamides is 1. The lowest BCUT2D eigenvalue weighted by molar-refractivity contribution is 0.0509. The molecule has 10 heteroatoms. The average Bonchev–Trinajstić information content (AvgIpc) is 3.21. The van der Waals surface area contributed by atoms with Crippen LogP contribution in [0.3, 0.4) is 0 Å². The Hall–Kier alpha value is -1.78. The molecule has 7 nitrogen and oxygen atoms in total. The molecule has 2 rings (SSSR count). The SMILES string of the molecule is CCN(CC)S(=O)(=O)c1ccc(N2CCCC2)c(C(=O)N(CCO)CC(F)F)c1. The van der Waals surface area contributed by atoms with E-state index in [4.69, 9.17) is 0 Å². The summed E-state index contributed by atoms with van der Waals surface area (Å²) in [6, 6.07) is 4.31. The van der Waals surface area contributed by atoms with Crippen LogP contribution in [0.25, 0.3) is 0 Å². The smallest absolute Gasteiger partial charge is 0.256 e. The lowest BCUT2D eigenvalue weighted by atomic mass is 10.1. The zero-order valence-electron chi connectivity index (χ0n) is 16.9. The maximum atomic E-state index is 13.1. The molecule has 0 aliphatic carbocycles. The van der Waals surface area contributed by atoms with E-state index >= 15 is 0 Å². The van der Waals surface area contributed by atoms with Crippen molar-refractivity contribution < 1.29 is 27.1 Å². The van der Waals surface area contributed by atoms with Crippen LogP contribution in [0.15, 0.2) is 23.1 Å². The zero-order valence-corrected chi connectivity index (χ0v) is 17.7. The van der Waals surface area contributed by atoms with Crippen LogP contribution in [0.1, 0.15) is 37.0 Å². The Morgan fingerprint density at radius 1 is 1.21 bits per heavy atom. The van der Waals surface area contributed by atoms with Crippen LogP contribution >= 0.6 is 0 Å². The van der Waals surface area contributed by atoms with Gasteiger partial charge in [-0.3, -0.25) is 4.79 Å². The molecule has 0 radical (unpaired) electrons. The Kier molecular flexibility index (Phi) is 8.35. The van der Waals surface area contributed by atoms with Gasteiger partial charge in [-0.25, -0.2) is 17.2 Å². The van der Waals surface area contributed by atoms with Crippen LogP contribution in [0.4, 0.5) is 14.5 Å². The number of hydrogen-bond acceptors (Lipinski definition) is 5. The Bertz CT molecular complexity index is 795. The summed E-state index contributed by atoms with van der Waals surface area (Å²) in [5.41, 5.74) is 0.595. The van der Waals surface area contributed by atoms with Crippen LogP contribution in [0, 0.1) is 0 Å². The van der Waals surface area contributed by atoms with Gasteiger partial charge in [0.15, 0.2) is 0 Å². The van der Waals surface area contributed by atoms with Gasteiger partial charge in [-0.15, -0.1) is 0 Å². The van der Waals surface area contributed by atoms with Gasteiger partial charge in [0.05, 0.1) is 23.6 Å². The molecule has 1 heterocycles. The van der Waals surface area contributed by atoms with Crippen LogP contribution in [-0.2, 0) is 10.0 Å². The molecule has 0 bridgehead atoms. The van der Waals surface area contributed by atoms with Gasteiger partial charge in [-0.1, -0.05) is 13.8 Å². The summed E-state index contributed by atoms with van der Waals surface area (Å²) in [6.07, 6.45) is -0.891. The van der Waals surface area contributed by atoms with E-state index in [0.29, 0.717) is 18.8 Å². The highest BCUT2D eigenvalue weighted by atomic mass is 32.2. The van der Waals surface area contributed by atoms with Crippen molar-refractivity contribution in [2.24, 2.45) is 0 Å². The third-order valence-corrected chi connectivity index (χ3v) is 7.05. The van der Waals surface area contributed by atoms with Gasteiger partial charge in [-0.2, -0.15) is 4.31 Å². The standard InChI is InChI=1S/C19H29F2N3O4S/c1-3-24(4-2)29(27,28)15-7-8-17(22-9-5-6-10-22)16(13-15)19(26)23(11-12-25)14-18(20)21/h7-8,13,18,25H,3-6,9-12,14H2,1-2H3. The lowest BCUT2D eigenvalue weighted by Gasteiger charge is -2.27. The van der Waals surface area contributed by atoms with Gasteiger partial charge in [0, 0.05) is 38.4 Å². The Labute approximate surface area is 170 Å². The molecule has 0 unspecified atom stereocenters. The molecule has 0 saturated carbocycles. The molecule has 1 aromatic carbocycles. The summed E-state index contributed by atoms with van der Waals surface area (Å²) in [5.74, 6) is -0.710. The summed E-state index contributed by atoms with van der Waals surface area (Å²) in [7, 11) is -3.81. The van der Waals surface area contributed by atoms with Crippen molar-refractivity contribution in [2.45, 2.75) is 38.0 Å². The number of aliphatic hydroxyl groups excluding tert-OH is 1. The van der Waals surface area contributed by atoms with Crippen LogP contribution in [0.2, 0.25) is 0 Å². The van der Waals surface area contributed by atoms with Gasteiger partial charge < -0.3 is 14.9 Å². The summed E-state index contributed by atoms with van der Waals surface area (Å²) in [4.78, 5) is 15.9. The molecule has 1 aliphatic rings. The van der Waals surface area contributed by atoms with Gasteiger partial charge in [0.25, 0.3) is 12.3 Å². The minimum absolute atomic E-state index is 0.0477. The molecule has 1 aromatic rings. The number of halogens is 2. The van der Waals surface area contributed by atoms with Gasteiger partial charge in [0.2, 0.25) is 10.0 Å². The highest BCUT2D eigenvalue weighted by Crippen LogP contribution is 2.29. The van der Waals surface area contributed by atoms with Crippen molar-refractivity contribution in [3.8, 4) is 0 Å². The second kappa shape index (κ2) is 10.3. The number of benzene rings is 1. The molecular formula is C19H29F2N3O4S. The summed E-state index contributed by atoms with van der Waals surface area (Å²) in [6.45, 7) is 3.86. The molecule has 1 aliphatic heterocycles. The van der Waals surface area contributed by atoms with E-state index in [1.165, 1.54) is 16.4 Å². The fraction of sp³-hybridized carbons (Fsp3) is 0.632. The first kappa shape index (κ1) is 23.5. The molecule has 1 fully saturated rings. The minimum atomic E-state index is -3.81. The van der Waals surface area contributed by atoms with E-state index in [1.807, 2.05) is 4.90 Å². The van der Waals surface area contributed by atoms with E-state index in [1.54, 1.807) is 19.9 Å². The van der Waals surface area contributed by atoms with E-state index in [0.717, 1.165) is 17.7 Å². The quantitative estimate of drug-likeness (QED) is 0.611. The van der Waals surface area contributed by atoms with Gasteiger partial charge in [0.1, 0.15) is 0 Å². The second-order valence-electron chi connectivity index (χ2n) is 6.83.